The van der Waals surface area contributed by atoms with Crippen molar-refractivity contribution in [3.63, 3.8) is 0 Å². The summed E-state index contributed by atoms with van der Waals surface area (Å²) >= 11 is 0. The Kier molecular flexibility index (Phi) is 5.85. The van der Waals surface area contributed by atoms with Crippen molar-refractivity contribution in [2.24, 2.45) is 5.73 Å². The Labute approximate surface area is 123 Å². The van der Waals surface area contributed by atoms with Gasteiger partial charge in [-0.3, -0.25) is 9.69 Å². The van der Waals surface area contributed by atoms with Gasteiger partial charge >= 0.3 is 0 Å². The number of hydrogen-bond donors (Lipinski definition) is 1. The van der Waals surface area contributed by atoms with E-state index in [0.29, 0.717) is 24.5 Å². The lowest BCUT2D eigenvalue weighted by Crippen LogP contribution is -2.54. The first kappa shape index (κ1) is 15.8. The smallest absolute Gasteiger partial charge is 0.237 e. The minimum atomic E-state index is 0.159. The first-order valence-corrected chi connectivity index (χ1v) is 8.42. The van der Waals surface area contributed by atoms with Gasteiger partial charge in [0.2, 0.25) is 5.91 Å². The number of likely N-dealkylation sites (tertiary alicyclic amines) is 2. The quantitative estimate of drug-likeness (QED) is 0.857. The van der Waals surface area contributed by atoms with Crippen molar-refractivity contribution in [1.29, 1.82) is 0 Å². The molecule has 0 aliphatic carbocycles. The Hall–Kier alpha value is -0.610. The second-order valence-corrected chi connectivity index (χ2v) is 6.54. The number of nitrogens with zero attached hydrogens (tertiary/aromatic N) is 2. The summed E-state index contributed by atoms with van der Waals surface area (Å²) in [5, 5.41) is 0. The molecule has 2 aliphatic rings. The van der Waals surface area contributed by atoms with Crippen molar-refractivity contribution in [3.8, 4) is 0 Å². The van der Waals surface area contributed by atoms with Gasteiger partial charge in [-0.2, -0.15) is 0 Å². The number of rotatable bonds is 4. The van der Waals surface area contributed by atoms with Crippen molar-refractivity contribution < 1.29 is 4.79 Å². The van der Waals surface area contributed by atoms with E-state index >= 15 is 0 Å². The van der Waals surface area contributed by atoms with E-state index in [-0.39, 0.29) is 6.04 Å². The maximum absolute atomic E-state index is 12.6. The molecule has 0 aromatic heterocycles. The molecule has 2 rings (SSSR count). The minimum Gasteiger partial charge on any atom is -0.339 e. The average Bonchev–Trinajstić information content (AvgIpc) is 2.47. The van der Waals surface area contributed by atoms with Gasteiger partial charge in [0, 0.05) is 24.7 Å². The fourth-order valence-corrected chi connectivity index (χ4v) is 3.83. The highest BCUT2D eigenvalue weighted by atomic mass is 16.2. The lowest BCUT2D eigenvalue weighted by Gasteiger charge is -2.41. The van der Waals surface area contributed by atoms with Crippen molar-refractivity contribution >= 4 is 5.91 Å². The SMILES string of the molecule is CCC1CCCCN1C(=O)CN1CCCCC1C(C)N. The van der Waals surface area contributed by atoms with Crippen molar-refractivity contribution in [3.05, 3.63) is 0 Å². The van der Waals surface area contributed by atoms with Crippen molar-refractivity contribution in [1.82, 2.24) is 9.80 Å². The molecule has 2 saturated heterocycles. The van der Waals surface area contributed by atoms with E-state index in [1.807, 2.05) is 0 Å². The van der Waals surface area contributed by atoms with Crippen molar-refractivity contribution in [2.75, 3.05) is 19.6 Å². The molecule has 20 heavy (non-hydrogen) atoms. The zero-order chi connectivity index (χ0) is 14.5. The molecular weight excluding hydrogens is 250 g/mol. The molecule has 2 N–H and O–H groups in total. The highest BCUT2D eigenvalue weighted by Crippen LogP contribution is 2.22. The third kappa shape index (κ3) is 3.73. The average molecular weight is 281 g/mol. The minimum absolute atomic E-state index is 0.159. The van der Waals surface area contributed by atoms with E-state index in [0.717, 1.165) is 25.9 Å². The van der Waals surface area contributed by atoms with Crippen LogP contribution >= 0.6 is 0 Å². The molecular formula is C16H31N3O. The highest BCUT2D eigenvalue weighted by Gasteiger charge is 2.31. The van der Waals surface area contributed by atoms with E-state index in [2.05, 4.69) is 23.6 Å². The molecule has 0 aromatic rings. The summed E-state index contributed by atoms with van der Waals surface area (Å²) < 4.78 is 0. The predicted molar refractivity (Wildman–Crippen MR) is 82.5 cm³/mol. The van der Waals surface area contributed by atoms with Gasteiger partial charge in [-0.15, -0.1) is 0 Å². The monoisotopic (exact) mass is 281 g/mol. The fraction of sp³-hybridized carbons (Fsp3) is 0.938. The molecule has 0 saturated carbocycles. The van der Waals surface area contributed by atoms with Gasteiger partial charge in [0.15, 0.2) is 0 Å². The Bertz CT molecular complexity index is 319. The van der Waals surface area contributed by atoms with Gasteiger partial charge in [0.05, 0.1) is 6.54 Å². The Morgan fingerprint density at radius 1 is 1.20 bits per heavy atom. The summed E-state index contributed by atoms with van der Waals surface area (Å²) in [6, 6.07) is 1.01. The van der Waals surface area contributed by atoms with E-state index in [1.54, 1.807) is 0 Å². The molecule has 3 atom stereocenters. The molecule has 116 valence electrons. The molecule has 0 bridgehead atoms. The summed E-state index contributed by atoms with van der Waals surface area (Å²) in [6.45, 7) is 6.82. The van der Waals surface area contributed by atoms with Gasteiger partial charge in [-0.1, -0.05) is 13.3 Å². The van der Waals surface area contributed by atoms with E-state index in [4.69, 9.17) is 5.73 Å². The number of piperidine rings is 2. The van der Waals surface area contributed by atoms with Crippen LogP contribution in [0.15, 0.2) is 0 Å². The molecule has 0 radical (unpaired) electrons. The number of hydrogen-bond acceptors (Lipinski definition) is 3. The summed E-state index contributed by atoms with van der Waals surface area (Å²) in [7, 11) is 0. The standard InChI is InChI=1S/C16H31N3O/c1-3-14-8-4-7-11-19(14)16(20)12-18-10-6-5-9-15(18)13(2)17/h13-15H,3-12,17H2,1-2H3. The second kappa shape index (κ2) is 7.41. The largest absolute Gasteiger partial charge is 0.339 e. The Morgan fingerprint density at radius 2 is 1.90 bits per heavy atom. The first-order valence-electron chi connectivity index (χ1n) is 8.42. The fourth-order valence-electron chi connectivity index (χ4n) is 3.83. The summed E-state index contributed by atoms with van der Waals surface area (Å²) in [6.07, 6.45) is 8.29. The molecule has 2 aliphatic heterocycles. The van der Waals surface area contributed by atoms with Gasteiger partial charge in [-0.05, 0) is 52.0 Å². The molecule has 2 fully saturated rings. The van der Waals surface area contributed by atoms with Crippen molar-refractivity contribution in [2.45, 2.75) is 76.9 Å². The van der Waals surface area contributed by atoms with Crippen LogP contribution < -0.4 is 5.73 Å². The Morgan fingerprint density at radius 3 is 2.60 bits per heavy atom. The predicted octanol–water partition coefficient (Wildman–Crippen LogP) is 1.98. The zero-order valence-corrected chi connectivity index (χ0v) is 13.2. The van der Waals surface area contributed by atoms with Gasteiger partial charge in [0.1, 0.15) is 0 Å². The molecule has 3 unspecified atom stereocenters. The molecule has 4 heteroatoms. The summed E-state index contributed by atoms with van der Waals surface area (Å²) in [4.78, 5) is 17.1. The highest BCUT2D eigenvalue weighted by molar-refractivity contribution is 5.78. The normalized spacial score (nSPS) is 30.2. The van der Waals surface area contributed by atoms with Crippen LogP contribution in [0.3, 0.4) is 0 Å². The number of carbonyl (C=O) groups excluding carboxylic acids is 1. The lowest BCUT2D eigenvalue weighted by molar-refractivity contribution is -0.137. The molecule has 1 amide bonds. The summed E-state index contributed by atoms with van der Waals surface area (Å²) in [5.41, 5.74) is 6.10. The molecule has 0 spiro atoms. The van der Waals surface area contributed by atoms with E-state index in [9.17, 15) is 4.79 Å². The molecule has 2 heterocycles. The number of carbonyl (C=O) groups is 1. The van der Waals surface area contributed by atoms with Crippen LogP contribution in [-0.4, -0.2) is 53.5 Å². The maximum atomic E-state index is 12.6. The van der Waals surface area contributed by atoms with Crippen LogP contribution in [0.1, 0.15) is 58.8 Å². The second-order valence-electron chi connectivity index (χ2n) is 6.54. The first-order chi connectivity index (χ1) is 9.63. The van der Waals surface area contributed by atoms with Crippen LogP contribution in [0.2, 0.25) is 0 Å². The van der Waals surface area contributed by atoms with E-state index in [1.165, 1.54) is 32.1 Å². The Balaban J connectivity index is 1.94. The van der Waals surface area contributed by atoms with E-state index < -0.39 is 0 Å². The van der Waals surface area contributed by atoms with Crippen LogP contribution in [0.25, 0.3) is 0 Å². The third-order valence-corrected chi connectivity index (χ3v) is 5.03. The van der Waals surface area contributed by atoms with Crippen LogP contribution in [0.4, 0.5) is 0 Å². The lowest BCUT2D eigenvalue weighted by atomic mass is 9.96. The number of nitrogens with two attached hydrogens (primary N) is 1. The molecule has 0 aromatic carbocycles. The van der Waals surface area contributed by atoms with Gasteiger partial charge in [0.25, 0.3) is 0 Å². The van der Waals surface area contributed by atoms with Crippen LogP contribution in [-0.2, 0) is 4.79 Å². The maximum Gasteiger partial charge on any atom is 0.237 e. The summed E-state index contributed by atoms with van der Waals surface area (Å²) in [5.74, 6) is 0.323. The third-order valence-electron chi connectivity index (χ3n) is 5.03. The topological polar surface area (TPSA) is 49.6 Å². The zero-order valence-electron chi connectivity index (χ0n) is 13.2. The van der Waals surface area contributed by atoms with Gasteiger partial charge < -0.3 is 10.6 Å². The molecule has 4 nitrogen and oxygen atoms in total. The van der Waals surface area contributed by atoms with Crippen LogP contribution in [0, 0.1) is 0 Å². The number of amides is 1. The van der Waals surface area contributed by atoms with Crippen LogP contribution in [0.5, 0.6) is 0 Å². The van der Waals surface area contributed by atoms with Gasteiger partial charge in [-0.25, -0.2) is 0 Å².